The van der Waals surface area contributed by atoms with Crippen LogP contribution in [0.5, 0.6) is 0 Å². The molecule has 1 aromatic heterocycles. The first-order chi connectivity index (χ1) is 10.6. The van der Waals surface area contributed by atoms with Gasteiger partial charge in [0.25, 0.3) is 0 Å². The van der Waals surface area contributed by atoms with E-state index in [1.807, 2.05) is 24.9 Å². The van der Waals surface area contributed by atoms with Crippen molar-refractivity contribution in [3.63, 3.8) is 0 Å². The number of aliphatic hydroxyl groups is 1. The molecule has 2 rings (SSSR count). The first kappa shape index (κ1) is 17.7. The summed E-state index contributed by atoms with van der Waals surface area (Å²) in [5.41, 5.74) is 0.680. The monoisotopic (exact) mass is 337 g/mol. The van der Waals surface area contributed by atoms with Crippen LogP contribution in [0.3, 0.4) is 0 Å². The van der Waals surface area contributed by atoms with Crippen LogP contribution in [0.1, 0.15) is 23.8 Å². The fourth-order valence-corrected chi connectivity index (χ4v) is 3.23. The molecule has 0 aliphatic heterocycles. The van der Waals surface area contributed by atoms with Gasteiger partial charge in [0.05, 0.1) is 16.8 Å². The van der Waals surface area contributed by atoms with Crippen LogP contribution >= 0.6 is 0 Å². The summed E-state index contributed by atoms with van der Waals surface area (Å²) in [5, 5.41) is 10.7. The smallest absolute Gasteiger partial charge is 0.175 e. The van der Waals surface area contributed by atoms with Crippen LogP contribution in [0.2, 0.25) is 0 Å². The number of hydrogen-bond acceptors (Lipinski definition) is 5. The standard InChI is InChI=1S/C17H23NO4S/c1-13-14(9-10-22-13)11-18(3)12-17(2,19)15-5-7-16(8-6-15)23(4,20)21/h5-10,19H,11-12H2,1-4H3/t17-/m0/s1. The third kappa shape index (κ3) is 4.43. The number of nitrogens with zero attached hydrogens (tertiary/aromatic N) is 1. The van der Waals surface area contributed by atoms with E-state index in [0.29, 0.717) is 18.7 Å². The number of likely N-dealkylation sites (N-methyl/N-ethyl adjacent to an activating group) is 1. The van der Waals surface area contributed by atoms with Gasteiger partial charge >= 0.3 is 0 Å². The Bertz CT molecular complexity index is 760. The van der Waals surface area contributed by atoms with Gasteiger partial charge < -0.3 is 9.52 Å². The third-order valence-electron chi connectivity index (χ3n) is 3.89. The largest absolute Gasteiger partial charge is 0.469 e. The molecule has 1 aromatic carbocycles. The van der Waals surface area contributed by atoms with Crippen LogP contribution in [0, 0.1) is 6.92 Å². The third-order valence-corrected chi connectivity index (χ3v) is 5.02. The average molecular weight is 337 g/mol. The lowest BCUT2D eigenvalue weighted by Gasteiger charge is -2.29. The molecule has 0 spiro atoms. The van der Waals surface area contributed by atoms with Crippen LogP contribution in [0.4, 0.5) is 0 Å². The SMILES string of the molecule is Cc1occc1CN(C)C[C@](C)(O)c1ccc(S(C)(=O)=O)cc1. The highest BCUT2D eigenvalue weighted by Crippen LogP contribution is 2.24. The van der Waals surface area contributed by atoms with Gasteiger partial charge in [-0.1, -0.05) is 12.1 Å². The highest BCUT2D eigenvalue weighted by molar-refractivity contribution is 7.90. The maximum Gasteiger partial charge on any atom is 0.175 e. The predicted molar refractivity (Wildman–Crippen MR) is 88.9 cm³/mol. The van der Waals surface area contributed by atoms with E-state index >= 15 is 0 Å². The van der Waals surface area contributed by atoms with Gasteiger partial charge in [-0.05, 0) is 44.7 Å². The van der Waals surface area contributed by atoms with E-state index in [4.69, 9.17) is 4.42 Å². The molecule has 2 aromatic rings. The summed E-state index contributed by atoms with van der Waals surface area (Å²) in [5.74, 6) is 0.869. The Morgan fingerprint density at radius 2 is 1.83 bits per heavy atom. The minimum absolute atomic E-state index is 0.249. The van der Waals surface area contributed by atoms with Gasteiger partial charge in [-0.15, -0.1) is 0 Å². The number of aryl methyl sites for hydroxylation is 1. The number of furan rings is 1. The van der Waals surface area contributed by atoms with Crippen molar-refractivity contribution in [1.29, 1.82) is 0 Å². The predicted octanol–water partition coefficient (Wildman–Crippen LogP) is 2.33. The lowest BCUT2D eigenvalue weighted by molar-refractivity contribution is 0.0212. The van der Waals surface area contributed by atoms with Crippen molar-refractivity contribution in [3.8, 4) is 0 Å². The van der Waals surface area contributed by atoms with E-state index in [0.717, 1.165) is 11.3 Å². The summed E-state index contributed by atoms with van der Waals surface area (Å²) in [4.78, 5) is 2.25. The van der Waals surface area contributed by atoms with E-state index in [2.05, 4.69) is 0 Å². The molecular formula is C17H23NO4S. The molecule has 0 saturated carbocycles. The summed E-state index contributed by atoms with van der Waals surface area (Å²) in [6.07, 6.45) is 2.82. The van der Waals surface area contributed by atoms with E-state index in [-0.39, 0.29) is 4.90 Å². The van der Waals surface area contributed by atoms with E-state index in [1.165, 1.54) is 18.4 Å². The summed E-state index contributed by atoms with van der Waals surface area (Å²) in [6.45, 7) is 4.71. The molecular weight excluding hydrogens is 314 g/mol. The molecule has 6 heteroatoms. The van der Waals surface area contributed by atoms with Crippen molar-refractivity contribution >= 4 is 9.84 Å². The molecule has 0 saturated heterocycles. The Morgan fingerprint density at radius 1 is 1.22 bits per heavy atom. The van der Waals surface area contributed by atoms with Gasteiger partial charge in [0.1, 0.15) is 5.76 Å². The zero-order chi connectivity index (χ0) is 17.3. The van der Waals surface area contributed by atoms with Crippen LogP contribution in [-0.4, -0.2) is 38.3 Å². The Kier molecular flexibility index (Phi) is 4.98. The molecule has 0 amide bonds. The van der Waals surface area contributed by atoms with Gasteiger partial charge in [0.15, 0.2) is 9.84 Å². The van der Waals surface area contributed by atoms with Crippen LogP contribution in [0.15, 0.2) is 45.9 Å². The summed E-state index contributed by atoms with van der Waals surface area (Å²) in [6, 6.07) is 8.29. The zero-order valence-corrected chi connectivity index (χ0v) is 14.7. The normalized spacial score (nSPS) is 14.9. The van der Waals surface area contributed by atoms with Gasteiger partial charge in [-0.3, -0.25) is 4.90 Å². The number of sulfone groups is 1. The molecule has 5 nitrogen and oxygen atoms in total. The summed E-state index contributed by atoms with van der Waals surface area (Å²) >= 11 is 0. The van der Waals surface area contributed by atoms with Crippen molar-refractivity contribution < 1.29 is 17.9 Å². The fourth-order valence-electron chi connectivity index (χ4n) is 2.60. The van der Waals surface area contributed by atoms with Gasteiger partial charge in [-0.25, -0.2) is 8.42 Å². The molecule has 23 heavy (non-hydrogen) atoms. The Balaban J connectivity index is 2.10. The van der Waals surface area contributed by atoms with Crippen molar-refractivity contribution in [3.05, 3.63) is 53.5 Å². The van der Waals surface area contributed by atoms with E-state index < -0.39 is 15.4 Å². The average Bonchev–Trinajstić information content (AvgIpc) is 2.83. The molecule has 1 heterocycles. The molecule has 0 aliphatic carbocycles. The zero-order valence-electron chi connectivity index (χ0n) is 13.9. The van der Waals surface area contributed by atoms with Gasteiger partial charge in [0.2, 0.25) is 0 Å². The van der Waals surface area contributed by atoms with Crippen LogP contribution in [-0.2, 0) is 22.0 Å². The molecule has 126 valence electrons. The van der Waals surface area contributed by atoms with Crippen molar-refractivity contribution in [2.24, 2.45) is 0 Å². The minimum Gasteiger partial charge on any atom is -0.469 e. The molecule has 0 fully saturated rings. The second kappa shape index (κ2) is 6.47. The lowest BCUT2D eigenvalue weighted by Crippen LogP contribution is -2.36. The molecule has 0 bridgehead atoms. The summed E-state index contributed by atoms with van der Waals surface area (Å²) < 4.78 is 28.3. The quantitative estimate of drug-likeness (QED) is 0.876. The molecule has 1 N–H and O–H groups in total. The van der Waals surface area contributed by atoms with Crippen LogP contribution < -0.4 is 0 Å². The summed E-state index contributed by atoms with van der Waals surface area (Å²) in [7, 11) is -1.31. The van der Waals surface area contributed by atoms with Crippen molar-refractivity contribution in [2.45, 2.75) is 30.9 Å². The minimum atomic E-state index is -3.23. The van der Waals surface area contributed by atoms with Gasteiger partial charge in [0, 0.05) is 24.9 Å². The van der Waals surface area contributed by atoms with Crippen molar-refractivity contribution in [2.75, 3.05) is 19.8 Å². The second-order valence-corrected chi connectivity index (χ2v) is 8.26. The number of rotatable bonds is 6. The number of hydrogen-bond donors (Lipinski definition) is 1. The molecule has 1 atom stereocenters. The molecule has 0 aliphatic rings. The first-order valence-electron chi connectivity index (χ1n) is 7.34. The topological polar surface area (TPSA) is 70.8 Å². The Labute approximate surface area is 137 Å². The molecule has 0 unspecified atom stereocenters. The van der Waals surface area contributed by atoms with E-state index in [9.17, 15) is 13.5 Å². The maximum absolute atomic E-state index is 11.5. The van der Waals surface area contributed by atoms with Gasteiger partial charge in [-0.2, -0.15) is 0 Å². The van der Waals surface area contributed by atoms with Crippen LogP contribution in [0.25, 0.3) is 0 Å². The lowest BCUT2D eigenvalue weighted by atomic mass is 9.95. The Hall–Kier alpha value is -1.63. The molecule has 0 radical (unpaired) electrons. The highest BCUT2D eigenvalue weighted by Gasteiger charge is 2.25. The highest BCUT2D eigenvalue weighted by atomic mass is 32.2. The first-order valence-corrected chi connectivity index (χ1v) is 9.23. The fraction of sp³-hybridized carbons (Fsp3) is 0.412. The van der Waals surface area contributed by atoms with Crippen molar-refractivity contribution in [1.82, 2.24) is 4.90 Å². The van der Waals surface area contributed by atoms with E-state index in [1.54, 1.807) is 25.3 Å². The number of benzene rings is 1. The maximum atomic E-state index is 11.5. The second-order valence-electron chi connectivity index (χ2n) is 6.24. The Morgan fingerprint density at radius 3 is 2.30 bits per heavy atom.